The van der Waals surface area contributed by atoms with Gasteiger partial charge < -0.3 is 0 Å². The summed E-state index contributed by atoms with van der Waals surface area (Å²) < 4.78 is 0. The van der Waals surface area contributed by atoms with E-state index in [-0.39, 0.29) is 94.2 Å². The van der Waals surface area contributed by atoms with Crippen LogP contribution in [0, 0.1) is 0 Å². The van der Waals surface area contributed by atoms with Gasteiger partial charge in [-0.2, -0.15) is 0 Å². The smallest absolute Gasteiger partial charge is 0.170 e. The van der Waals surface area contributed by atoms with Gasteiger partial charge in [0.15, 0.2) is 34.7 Å². The van der Waals surface area contributed by atoms with Gasteiger partial charge in [-0.25, -0.2) is 0 Å². The molecule has 6 nitrogen and oxygen atoms in total. The van der Waals surface area contributed by atoms with Crippen LogP contribution in [0.2, 0.25) is 0 Å². The van der Waals surface area contributed by atoms with Crippen molar-refractivity contribution >= 4 is 34.7 Å². The van der Waals surface area contributed by atoms with E-state index >= 15 is 0 Å². The SMILES string of the molecule is O=C(CC(=O)c1ccccc1)c1ccccc1.O=C(CC(=O)c1ccccc1)c1ccccc1.O=C(CC(=O)c1ccccc1)c1ccccc1.[Ir].[Ir]. The van der Waals surface area contributed by atoms with Crippen molar-refractivity contribution in [2.75, 3.05) is 0 Å². The van der Waals surface area contributed by atoms with E-state index in [0.717, 1.165) is 0 Å². The first-order valence-corrected chi connectivity index (χ1v) is 16.3. The van der Waals surface area contributed by atoms with E-state index < -0.39 is 0 Å². The normalized spacial score (nSPS) is 9.51. The third-order valence-electron chi connectivity index (χ3n) is 7.54. The molecule has 6 rings (SSSR count). The Labute approximate surface area is 336 Å². The van der Waals surface area contributed by atoms with Crippen molar-refractivity contribution in [1.82, 2.24) is 0 Å². The summed E-state index contributed by atoms with van der Waals surface area (Å²) in [6, 6.07) is 53.2. The number of carbonyl (C=O) groups excluding carboxylic acids is 6. The summed E-state index contributed by atoms with van der Waals surface area (Å²) in [5.41, 5.74) is 3.48. The van der Waals surface area contributed by atoms with Crippen LogP contribution in [0.5, 0.6) is 0 Å². The van der Waals surface area contributed by atoms with Crippen molar-refractivity contribution < 1.29 is 69.0 Å². The molecule has 8 heteroatoms. The molecule has 0 bridgehead atoms. The van der Waals surface area contributed by atoms with Crippen LogP contribution in [-0.2, 0) is 40.2 Å². The Morgan fingerprint density at radius 3 is 0.453 bits per heavy atom. The number of hydrogen-bond donors (Lipinski definition) is 0. The van der Waals surface area contributed by atoms with Crippen LogP contribution in [0.15, 0.2) is 182 Å². The minimum absolute atomic E-state index is 0. The topological polar surface area (TPSA) is 102 Å². The van der Waals surface area contributed by atoms with Gasteiger partial charge in [0.05, 0.1) is 19.3 Å². The summed E-state index contributed by atoms with van der Waals surface area (Å²) in [5.74, 6) is -0.836. The standard InChI is InChI=1S/3C15H12O2.2Ir/c3*16-14(12-7-3-1-4-8-12)11-15(17)13-9-5-2-6-10-13;;/h3*1-10H,11H2;;. The molecule has 0 amide bonds. The zero-order valence-corrected chi connectivity index (χ0v) is 33.3. The van der Waals surface area contributed by atoms with Gasteiger partial charge >= 0.3 is 0 Å². The molecule has 0 atom stereocenters. The Morgan fingerprint density at radius 2 is 0.340 bits per heavy atom. The van der Waals surface area contributed by atoms with E-state index in [2.05, 4.69) is 0 Å². The summed E-state index contributed by atoms with van der Waals surface area (Å²) in [6.45, 7) is 0. The molecule has 0 unspecified atom stereocenters. The largest absolute Gasteiger partial charge is 0.294 e. The number of benzene rings is 6. The number of Topliss-reactive ketones (excluding diaryl/α,β-unsaturated/α-hetero) is 6. The maximum atomic E-state index is 11.8. The Morgan fingerprint density at radius 1 is 0.226 bits per heavy atom. The zero-order valence-electron chi connectivity index (χ0n) is 28.6. The number of ketones is 6. The Kier molecular flexibility index (Phi) is 19.8. The van der Waals surface area contributed by atoms with Crippen LogP contribution in [0.25, 0.3) is 0 Å². The van der Waals surface area contributed by atoms with E-state index in [1.807, 2.05) is 36.4 Å². The minimum Gasteiger partial charge on any atom is -0.294 e. The molecule has 0 saturated carbocycles. The van der Waals surface area contributed by atoms with E-state index in [4.69, 9.17) is 0 Å². The Bertz CT molecular complexity index is 1650. The molecule has 0 heterocycles. The molecule has 0 fully saturated rings. The molecular formula is C45H36Ir2O6. The second kappa shape index (κ2) is 24.0. The van der Waals surface area contributed by atoms with Crippen LogP contribution in [-0.4, -0.2) is 34.7 Å². The predicted molar refractivity (Wildman–Crippen MR) is 198 cm³/mol. The second-order valence-electron chi connectivity index (χ2n) is 11.3. The summed E-state index contributed by atoms with van der Waals surface area (Å²) in [5, 5.41) is 0. The second-order valence-corrected chi connectivity index (χ2v) is 11.3. The molecule has 53 heavy (non-hydrogen) atoms. The van der Waals surface area contributed by atoms with E-state index in [1.165, 1.54) is 0 Å². The molecular weight excluding hydrogens is 1020 g/mol. The molecule has 6 aromatic carbocycles. The maximum absolute atomic E-state index is 11.8. The molecule has 0 aliphatic rings. The van der Waals surface area contributed by atoms with Gasteiger partial charge in [0.1, 0.15) is 0 Å². The van der Waals surface area contributed by atoms with Crippen molar-refractivity contribution in [2.24, 2.45) is 0 Å². The molecule has 0 saturated heterocycles. The Balaban J connectivity index is 0.000000270. The summed E-state index contributed by atoms with van der Waals surface area (Å²) in [4.78, 5) is 70.8. The summed E-state index contributed by atoms with van der Waals surface area (Å²) in [7, 11) is 0. The summed E-state index contributed by atoms with van der Waals surface area (Å²) in [6.07, 6.45) is -0.226. The third kappa shape index (κ3) is 15.0. The fourth-order valence-corrected chi connectivity index (χ4v) is 4.79. The van der Waals surface area contributed by atoms with Crippen LogP contribution in [0.4, 0.5) is 0 Å². The van der Waals surface area contributed by atoms with Gasteiger partial charge in [-0.15, -0.1) is 0 Å². The fourth-order valence-electron chi connectivity index (χ4n) is 4.79. The molecule has 0 aliphatic heterocycles. The predicted octanol–water partition coefficient (Wildman–Crippen LogP) is 9.42. The zero-order chi connectivity index (χ0) is 36.3. The minimum atomic E-state index is -0.139. The molecule has 6 aromatic rings. The molecule has 0 spiro atoms. The van der Waals surface area contributed by atoms with E-state index in [9.17, 15) is 28.8 Å². The molecule has 2 radical (unpaired) electrons. The maximum Gasteiger partial charge on any atom is 0.170 e. The van der Waals surface area contributed by atoms with Crippen molar-refractivity contribution in [3.8, 4) is 0 Å². The van der Waals surface area contributed by atoms with Crippen LogP contribution >= 0.6 is 0 Å². The first-order chi connectivity index (χ1) is 24.8. The van der Waals surface area contributed by atoms with Crippen molar-refractivity contribution in [2.45, 2.75) is 19.3 Å². The van der Waals surface area contributed by atoms with Crippen LogP contribution in [0.3, 0.4) is 0 Å². The quantitative estimate of drug-likeness (QED) is 0.0895. The number of rotatable bonds is 12. The number of carbonyl (C=O) groups is 6. The first-order valence-electron chi connectivity index (χ1n) is 16.3. The van der Waals surface area contributed by atoms with Gasteiger partial charge in [0.2, 0.25) is 0 Å². The molecule has 0 N–H and O–H groups in total. The van der Waals surface area contributed by atoms with E-state index in [0.29, 0.717) is 33.4 Å². The van der Waals surface area contributed by atoms with Crippen LogP contribution < -0.4 is 0 Å². The Hall–Kier alpha value is -5.36. The van der Waals surface area contributed by atoms with Gasteiger partial charge in [-0.05, 0) is 0 Å². The summed E-state index contributed by atoms with van der Waals surface area (Å²) >= 11 is 0. The van der Waals surface area contributed by atoms with Gasteiger partial charge in [-0.3, -0.25) is 28.8 Å². The van der Waals surface area contributed by atoms with Gasteiger partial charge in [-0.1, -0.05) is 182 Å². The fraction of sp³-hybridized carbons (Fsp3) is 0.0667. The molecule has 270 valence electrons. The van der Waals surface area contributed by atoms with Crippen molar-refractivity contribution in [3.63, 3.8) is 0 Å². The van der Waals surface area contributed by atoms with Crippen molar-refractivity contribution in [1.29, 1.82) is 0 Å². The van der Waals surface area contributed by atoms with Crippen molar-refractivity contribution in [3.05, 3.63) is 215 Å². The monoisotopic (exact) mass is 1060 g/mol. The van der Waals surface area contributed by atoms with Crippen LogP contribution in [0.1, 0.15) is 81.4 Å². The molecule has 0 aliphatic carbocycles. The average Bonchev–Trinajstić information content (AvgIpc) is 3.20. The third-order valence-corrected chi connectivity index (χ3v) is 7.54. The average molecular weight is 1060 g/mol. The first kappa shape index (κ1) is 43.8. The molecule has 0 aromatic heterocycles. The van der Waals surface area contributed by atoms with Gasteiger partial charge in [0, 0.05) is 73.6 Å². The van der Waals surface area contributed by atoms with Gasteiger partial charge in [0.25, 0.3) is 0 Å². The number of hydrogen-bond acceptors (Lipinski definition) is 6. The van der Waals surface area contributed by atoms with E-state index in [1.54, 1.807) is 146 Å².